The average molecular weight is 292 g/mol. The molecule has 0 saturated carbocycles. The molecule has 4 heteroatoms. The maximum atomic E-state index is 10.8. The van der Waals surface area contributed by atoms with Crippen LogP contribution in [0.4, 0.5) is 5.69 Å². The van der Waals surface area contributed by atoms with Gasteiger partial charge in [-0.05, 0) is 24.3 Å². The van der Waals surface area contributed by atoms with Gasteiger partial charge >= 0.3 is 0 Å². The number of non-ortho nitro benzene ring substituents is 1. The lowest BCUT2D eigenvalue weighted by Gasteiger charge is -2.27. The van der Waals surface area contributed by atoms with E-state index in [-0.39, 0.29) is 22.1 Å². The van der Waals surface area contributed by atoms with Crippen molar-refractivity contribution in [3.05, 3.63) is 39.9 Å². The van der Waals surface area contributed by atoms with Crippen molar-refractivity contribution in [3.63, 3.8) is 0 Å². The highest BCUT2D eigenvalue weighted by Gasteiger charge is 2.19. The molecule has 0 radical (unpaired) electrons. The smallest absolute Gasteiger partial charge is 0.269 e. The van der Waals surface area contributed by atoms with E-state index in [2.05, 4.69) is 33.0 Å². The topological polar surface area (TPSA) is 55.2 Å². The Morgan fingerprint density at radius 1 is 1.33 bits per heavy atom. The minimum absolute atomic E-state index is 0.121. The van der Waals surface area contributed by atoms with Crippen LogP contribution in [-0.2, 0) is 0 Å². The zero-order chi connectivity index (χ0) is 15.9. The molecule has 1 rings (SSSR count). The van der Waals surface area contributed by atoms with Crippen LogP contribution in [-0.4, -0.2) is 11.5 Å². The first-order valence-corrected chi connectivity index (χ1v) is 7.83. The van der Waals surface area contributed by atoms with Crippen LogP contribution in [0.1, 0.15) is 65.0 Å². The van der Waals surface area contributed by atoms with Gasteiger partial charge in [0.2, 0.25) is 0 Å². The number of rotatable bonds is 9. The Balaban J connectivity index is 2.54. The number of nitrogens with one attached hydrogen (secondary N) is 1. The highest BCUT2D eigenvalue weighted by Crippen LogP contribution is 2.25. The Kier molecular flexibility index (Phi) is 6.82. The molecule has 1 atom stereocenters. The molecule has 0 saturated heterocycles. The van der Waals surface area contributed by atoms with Crippen molar-refractivity contribution >= 4 is 5.69 Å². The molecule has 1 unspecified atom stereocenters. The molecule has 21 heavy (non-hydrogen) atoms. The number of nitro benzene ring substituents is 1. The maximum Gasteiger partial charge on any atom is 0.269 e. The van der Waals surface area contributed by atoms with E-state index < -0.39 is 0 Å². The summed E-state index contributed by atoms with van der Waals surface area (Å²) in [5, 5.41) is 14.3. The summed E-state index contributed by atoms with van der Waals surface area (Å²) >= 11 is 0. The van der Waals surface area contributed by atoms with Gasteiger partial charge in [-0.1, -0.05) is 52.2 Å². The summed E-state index contributed by atoms with van der Waals surface area (Å²) in [7, 11) is 0. The lowest BCUT2D eigenvalue weighted by atomic mass is 9.86. The monoisotopic (exact) mass is 292 g/mol. The second-order valence-corrected chi connectivity index (χ2v) is 6.58. The predicted octanol–water partition coefficient (Wildman–Crippen LogP) is 4.85. The van der Waals surface area contributed by atoms with Crippen LogP contribution in [0.15, 0.2) is 24.3 Å². The molecule has 0 amide bonds. The van der Waals surface area contributed by atoms with Crippen molar-refractivity contribution in [3.8, 4) is 0 Å². The average Bonchev–Trinajstić information content (AvgIpc) is 2.45. The SMILES string of the molecule is CCCCCC(C)(C)CNC(C)c1cccc([N+](=O)[O-])c1. The van der Waals surface area contributed by atoms with Crippen molar-refractivity contribution in [1.29, 1.82) is 0 Å². The van der Waals surface area contributed by atoms with Gasteiger partial charge in [0.25, 0.3) is 5.69 Å². The van der Waals surface area contributed by atoms with Crippen LogP contribution in [0.5, 0.6) is 0 Å². The number of nitro groups is 1. The molecule has 0 aliphatic heterocycles. The van der Waals surface area contributed by atoms with Crippen LogP contribution in [0.2, 0.25) is 0 Å². The second-order valence-electron chi connectivity index (χ2n) is 6.58. The molecule has 0 spiro atoms. The molecular weight excluding hydrogens is 264 g/mol. The fraction of sp³-hybridized carbons (Fsp3) is 0.647. The highest BCUT2D eigenvalue weighted by molar-refractivity contribution is 5.35. The van der Waals surface area contributed by atoms with Crippen molar-refractivity contribution in [2.24, 2.45) is 5.41 Å². The Morgan fingerprint density at radius 2 is 2.05 bits per heavy atom. The van der Waals surface area contributed by atoms with Crippen molar-refractivity contribution in [1.82, 2.24) is 5.32 Å². The van der Waals surface area contributed by atoms with Gasteiger partial charge in [-0.3, -0.25) is 10.1 Å². The molecule has 0 heterocycles. The van der Waals surface area contributed by atoms with Crippen molar-refractivity contribution in [2.75, 3.05) is 6.54 Å². The van der Waals surface area contributed by atoms with Gasteiger partial charge in [-0.15, -0.1) is 0 Å². The quantitative estimate of drug-likeness (QED) is 0.402. The summed E-state index contributed by atoms with van der Waals surface area (Å²) in [6.07, 6.45) is 4.99. The van der Waals surface area contributed by atoms with Gasteiger partial charge in [0.05, 0.1) is 4.92 Å². The fourth-order valence-corrected chi connectivity index (χ4v) is 2.40. The standard InChI is InChI=1S/C17H28N2O2/c1-5-6-7-11-17(3,4)13-18-14(2)15-9-8-10-16(12-15)19(20)21/h8-10,12,14,18H,5-7,11,13H2,1-4H3. The summed E-state index contributed by atoms with van der Waals surface area (Å²) < 4.78 is 0. The maximum absolute atomic E-state index is 10.8. The van der Waals surface area contributed by atoms with E-state index in [0.29, 0.717) is 0 Å². The number of benzene rings is 1. The van der Waals surface area contributed by atoms with E-state index in [0.717, 1.165) is 12.1 Å². The van der Waals surface area contributed by atoms with Gasteiger partial charge in [0, 0.05) is 24.7 Å². The fourth-order valence-electron chi connectivity index (χ4n) is 2.40. The Bertz CT molecular complexity index is 458. The molecule has 0 fully saturated rings. The van der Waals surface area contributed by atoms with Crippen LogP contribution in [0, 0.1) is 15.5 Å². The summed E-state index contributed by atoms with van der Waals surface area (Å²) in [6.45, 7) is 9.74. The first kappa shape index (κ1) is 17.6. The normalized spacial score (nSPS) is 13.1. The Hall–Kier alpha value is -1.42. The molecule has 0 bridgehead atoms. The van der Waals surface area contributed by atoms with E-state index in [1.807, 2.05) is 6.07 Å². The van der Waals surface area contributed by atoms with Gasteiger partial charge in [0.15, 0.2) is 0 Å². The zero-order valence-corrected chi connectivity index (χ0v) is 13.7. The largest absolute Gasteiger partial charge is 0.310 e. The summed E-state index contributed by atoms with van der Waals surface area (Å²) in [6, 6.07) is 7.00. The van der Waals surface area contributed by atoms with Gasteiger partial charge in [-0.25, -0.2) is 0 Å². The molecule has 118 valence electrons. The first-order valence-electron chi connectivity index (χ1n) is 7.83. The summed E-state index contributed by atoms with van der Waals surface area (Å²) in [5.41, 5.74) is 1.38. The summed E-state index contributed by atoms with van der Waals surface area (Å²) in [5.74, 6) is 0. The number of unbranched alkanes of at least 4 members (excludes halogenated alkanes) is 2. The third kappa shape index (κ3) is 6.25. The number of nitrogens with zero attached hydrogens (tertiary/aromatic N) is 1. The predicted molar refractivity (Wildman–Crippen MR) is 87.4 cm³/mol. The van der Waals surface area contributed by atoms with E-state index in [9.17, 15) is 10.1 Å². The number of hydrogen-bond acceptors (Lipinski definition) is 3. The van der Waals surface area contributed by atoms with Crippen molar-refractivity contribution in [2.45, 2.75) is 59.4 Å². The lowest BCUT2D eigenvalue weighted by Crippen LogP contribution is -2.31. The van der Waals surface area contributed by atoms with Gasteiger partial charge in [0.1, 0.15) is 0 Å². The third-order valence-electron chi connectivity index (χ3n) is 3.92. The minimum Gasteiger partial charge on any atom is -0.310 e. The lowest BCUT2D eigenvalue weighted by molar-refractivity contribution is -0.384. The molecule has 0 aromatic heterocycles. The zero-order valence-electron chi connectivity index (χ0n) is 13.7. The Morgan fingerprint density at radius 3 is 2.67 bits per heavy atom. The minimum atomic E-state index is -0.342. The first-order chi connectivity index (χ1) is 9.85. The van der Waals surface area contributed by atoms with Crippen molar-refractivity contribution < 1.29 is 4.92 Å². The van der Waals surface area contributed by atoms with E-state index in [1.54, 1.807) is 12.1 Å². The second kappa shape index (κ2) is 8.13. The summed E-state index contributed by atoms with van der Waals surface area (Å²) in [4.78, 5) is 10.5. The molecule has 1 aromatic rings. The van der Waals surface area contributed by atoms with Crippen LogP contribution in [0.3, 0.4) is 0 Å². The van der Waals surface area contributed by atoms with E-state index in [4.69, 9.17) is 0 Å². The van der Waals surface area contributed by atoms with Gasteiger partial charge < -0.3 is 5.32 Å². The van der Waals surface area contributed by atoms with Crippen LogP contribution >= 0.6 is 0 Å². The molecular formula is C17H28N2O2. The third-order valence-corrected chi connectivity index (χ3v) is 3.92. The number of hydrogen-bond donors (Lipinski definition) is 1. The van der Waals surface area contributed by atoms with Crippen LogP contribution in [0.25, 0.3) is 0 Å². The highest BCUT2D eigenvalue weighted by atomic mass is 16.6. The Labute approximate surface area is 128 Å². The molecule has 0 aliphatic carbocycles. The van der Waals surface area contributed by atoms with E-state index >= 15 is 0 Å². The molecule has 1 aromatic carbocycles. The molecule has 1 N–H and O–H groups in total. The van der Waals surface area contributed by atoms with E-state index in [1.165, 1.54) is 31.7 Å². The molecule has 4 nitrogen and oxygen atoms in total. The molecule has 0 aliphatic rings. The van der Waals surface area contributed by atoms with Gasteiger partial charge in [-0.2, -0.15) is 0 Å². The van der Waals surface area contributed by atoms with Crippen LogP contribution < -0.4 is 5.32 Å².